The summed E-state index contributed by atoms with van der Waals surface area (Å²) in [6.07, 6.45) is 1.73. The lowest BCUT2D eigenvalue weighted by Crippen LogP contribution is -2.02. The molecule has 0 aliphatic carbocycles. The first-order chi connectivity index (χ1) is 13.2. The predicted molar refractivity (Wildman–Crippen MR) is 105 cm³/mol. The summed E-state index contributed by atoms with van der Waals surface area (Å²) in [6.45, 7) is 4.94. The number of hydrogen-bond donors (Lipinski definition) is 1. The highest BCUT2D eigenvalue weighted by molar-refractivity contribution is 5.96. The number of pyridine rings is 1. The van der Waals surface area contributed by atoms with Gasteiger partial charge in [-0.15, -0.1) is 0 Å². The molecule has 6 heteroatoms. The summed E-state index contributed by atoms with van der Waals surface area (Å²) in [4.78, 5) is 16.2. The summed E-state index contributed by atoms with van der Waals surface area (Å²) >= 11 is 0. The van der Waals surface area contributed by atoms with Crippen molar-refractivity contribution in [1.29, 1.82) is 0 Å². The van der Waals surface area contributed by atoms with E-state index in [9.17, 15) is 4.79 Å². The Labute approximate surface area is 158 Å². The average Bonchev–Trinajstić information content (AvgIpc) is 2.69. The van der Waals surface area contributed by atoms with Gasteiger partial charge in [0, 0.05) is 29.0 Å². The lowest BCUT2D eigenvalue weighted by atomic mass is 10.1. The minimum absolute atomic E-state index is 0.377. The number of methoxy groups -OCH3 is 1. The van der Waals surface area contributed by atoms with Gasteiger partial charge in [0.1, 0.15) is 0 Å². The van der Waals surface area contributed by atoms with Gasteiger partial charge >= 0.3 is 5.97 Å². The fraction of sp³-hybridized carbons (Fsp3) is 0.238. The van der Waals surface area contributed by atoms with Crippen LogP contribution in [0, 0.1) is 0 Å². The number of anilines is 2. The lowest BCUT2D eigenvalue weighted by molar-refractivity contribution is 0.0601. The number of benzene rings is 2. The van der Waals surface area contributed by atoms with Gasteiger partial charge < -0.3 is 19.5 Å². The smallest absolute Gasteiger partial charge is 0.337 e. The SMILES string of the molecule is CCOc1cc2nccc(Nc3cccc(C(=O)OC)c3)c2cc1OCC. The Morgan fingerprint density at radius 1 is 1.04 bits per heavy atom. The summed E-state index contributed by atoms with van der Waals surface area (Å²) in [7, 11) is 1.37. The number of rotatable bonds is 7. The van der Waals surface area contributed by atoms with Crippen LogP contribution in [0.3, 0.4) is 0 Å². The van der Waals surface area contributed by atoms with E-state index < -0.39 is 0 Å². The van der Waals surface area contributed by atoms with Gasteiger partial charge in [0.2, 0.25) is 0 Å². The van der Waals surface area contributed by atoms with Crippen molar-refractivity contribution in [2.45, 2.75) is 13.8 Å². The van der Waals surface area contributed by atoms with Crippen molar-refractivity contribution in [3.63, 3.8) is 0 Å². The quantitative estimate of drug-likeness (QED) is 0.618. The first-order valence-corrected chi connectivity index (χ1v) is 8.80. The number of esters is 1. The van der Waals surface area contributed by atoms with Crippen LogP contribution in [0.1, 0.15) is 24.2 Å². The van der Waals surface area contributed by atoms with E-state index in [1.165, 1.54) is 7.11 Å². The number of fused-ring (bicyclic) bond motifs is 1. The molecule has 6 nitrogen and oxygen atoms in total. The van der Waals surface area contributed by atoms with Gasteiger partial charge in [0.05, 0.1) is 31.4 Å². The van der Waals surface area contributed by atoms with Crippen LogP contribution in [0.15, 0.2) is 48.7 Å². The summed E-state index contributed by atoms with van der Waals surface area (Å²) in [5.74, 6) is 0.966. The van der Waals surface area contributed by atoms with Crippen LogP contribution >= 0.6 is 0 Å². The largest absolute Gasteiger partial charge is 0.490 e. The fourth-order valence-corrected chi connectivity index (χ4v) is 2.80. The molecule has 0 aliphatic heterocycles. The lowest BCUT2D eigenvalue weighted by Gasteiger charge is -2.15. The third-order valence-electron chi connectivity index (χ3n) is 3.97. The maximum absolute atomic E-state index is 11.8. The highest BCUT2D eigenvalue weighted by Gasteiger charge is 2.12. The molecule has 140 valence electrons. The molecule has 1 heterocycles. The molecular formula is C21H22N2O4. The van der Waals surface area contributed by atoms with Crippen LogP contribution in [0.2, 0.25) is 0 Å². The summed E-state index contributed by atoms with van der Waals surface area (Å²) in [5, 5.41) is 4.24. The highest BCUT2D eigenvalue weighted by atomic mass is 16.5. The zero-order valence-electron chi connectivity index (χ0n) is 15.6. The number of aromatic nitrogens is 1. The molecule has 0 saturated heterocycles. The zero-order chi connectivity index (χ0) is 19.2. The van der Waals surface area contributed by atoms with Gasteiger partial charge in [-0.2, -0.15) is 0 Å². The van der Waals surface area contributed by atoms with Crippen molar-refractivity contribution in [2.24, 2.45) is 0 Å². The Balaban J connectivity index is 2.02. The first kappa shape index (κ1) is 18.5. The molecule has 1 N–H and O–H groups in total. The molecule has 0 atom stereocenters. The Hall–Kier alpha value is -3.28. The average molecular weight is 366 g/mol. The normalized spacial score (nSPS) is 10.5. The second kappa shape index (κ2) is 8.40. The van der Waals surface area contributed by atoms with Crippen LogP contribution in [-0.2, 0) is 4.74 Å². The zero-order valence-corrected chi connectivity index (χ0v) is 15.6. The molecule has 0 fully saturated rings. The maximum Gasteiger partial charge on any atom is 0.337 e. The number of ether oxygens (including phenoxy) is 3. The molecule has 0 unspecified atom stereocenters. The highest BCUT2D eigenvalue weighted by Crippen LogP contribution is 2.35. The molecule has 0 saturated carbocycles. The van der Waals surface area contributed by atoms with Gasteiger partial charge in [-0.3, -0.25) is 4.98 Å². The van der Waals surface area contributed by atoms with Crippen molar-refractivity contribution >= 4 is 28.2 Å². The van der Waals surface area contributed by atoms with E-state index in [4.69, 9.17) is 14.2 Å². The van der Waals surface area contributed by atoms with Crippen LogP contribution < -0.4 is 14.8 Å². The van der Waals surface area contributed by atoms with Crippen LogP contribution in [0.4, 0.5) is 11.4 Å². The van der Waals surface area contributed by atoms with E-state index in [0.717, 1.165) is 22.3 Å². The Morgan fingerprint density at radius 3 is 2.48 bits per heavy atom. The Morgan fingerprint density at radius 2 is 1.78 bits per heavy atom. The van der Waals surface area contributed by atoms with E-state index in [2.05, 4.69) is 10.3 Å². The molecule has 0 aliphatic rings. The van der Waals surface area contributed by atoms with Crippen molar-refractivity contribution in [1.82, 2.24) is 4.98 Å². The molecule has 2 aromatic carbocycles. The first-order valence-electron chi connectivity index (χ1n) is 8.80. The topological polar surface area (TPSA) is 69.7 Å². The van der Waals surface area contributed by atoms with Gasteiger partial charge in [0.25, 0.3) is 0 Å². The van der Waals surface area contributed by atoms with E-state index in [0.29, 0.717) is 30.3 Å². The molecule has 27 heavy (non-hydrogen) atoms. The van der Waals surface area contributed by atoms with Gasteiger partial charge in [-0.25, -0.2) is 4.79 Å². The third-order valence-corrected chi connectivity index (χ3v) is 3.97. The number of carbonyl (C=O) groups excluding carboxylic acids is 1. The van der Waals surface area contributed by atoms with Crippen LogP contribution in [-0.4, -0.2) is 31.3 Å². The fourth-order valence-electron chi connectivity index (χ4n) is 2.80. The molecule has 0 amide bonds. The molecule has 3 aromatic rings. The van der Waals surface area contributed by atoms with Crippen molar-refractivity contribution in [3.05, 3.63) is 54.2 Å². The summed E-state index contributed by atoms with van der Waals surface area (Å²) in [6, 6.07) is 12.8. The van der Waals surface area contributed by atoms with Gasteiger partial charge in [-0.05, 0) is 44.2 Å². The molecular weight excluding hydrogens is 344 g/mol. The van der Waals surface area contributed by atoms with Crippen molar-refractivity contribution in [3.8, 4) is 11.5 Å². The second-order valence-electron chi connectivity index (χ2n) is 5.74. The van der Waals surface area contributed by atoms with Crippen LogP contribution in [0.5, 0.6) is 11.5 Å². The third kappa shape index (κ3) is 4.11. The minimum Gasteiger partial charge on any atom is -0.490 e. The van der Waals surface area contributed by atoms with Gasteiger partial charge in [-0.1, -0.05) is 6.07 Å². The predicted octanol–water partition coefficient (Wildman–Crippen LogP) is 4.56. The number of hydrogen-bond acceptors (Lipinski definition) is 6. The Bertz CT molecular complexity index is 956. The maximum atomic E-state index is 11.8. The van der Waals surface area contributed by atoms with Crippen LogP contribution in [0.25, 0.3) is 10.9 Å². The standard InChI is InChI=1S/C21H22N2O4/c1-4-26-19-12-16-17(9-10-22-18(16)13-20(19)27-5-2)23-15-8-6-7-14(11-15)21(24)25-3/h6-13H,4-5H2,1-3H3,(H,22,23). The number of nitrogens with one attached hydrogen (secondary N) is 1. The van der Waals surface area contributed by atoms with E-state index >= 15 is 0 Å². The summed E-state index contributed by atoms with van der Waals surface area (Å²) < 4.78 is 16.2. The van der Waals surface area contributed by atoms with E-state index in [1.807, 2.05) is 38.1 Å². The molecule has 0 bridgehead atoms. The Kier molecular flexibility index (Phi) is 5.76. The summed E-state index contributed by atoms with van der Waals surface area (Å²) in [5.41, 5.74) is 2.90. The van der Waals surface area contributed by atoms with E-state index in [-0.39, 0.29) is 5.97 Å². The number of carbonyl (C=O) groups is 1. The van der Waals surface area contributed by atoms with E-state index in [1.54, 1.807) is 24.4 Å². The second-order valence-corrected chi connectivity index (χ2v) is 5.74. The van der Waals surface area contributed by atoms with Gasteiger partial charge in [0.15, 0.2) is 11.5 Å². The molecule has 0 radical (unpaired) electrons. The monoisotopic (exact) mass is 366 g/mol. The molecule has 3 rings (SSSR count). The van der Waals surface area contributed by atoms with Crippen molar-refractivity contribution in [2.75, 3.05) is 25.6 Å². The van der Waals surface area contributed by atoms with Crippen molar-refractivity contribution < 1.29 is 19.0 Å². The number of nitrogens with zero attached hydrogens (tertiary/aromatic N) is 1. The molecule has 0 spiro atoms. The molecule has 1 aromatic heterocycles. The minimum atomic E-state index is -0.377.